The molecule has 2 aliphatic heterocycles. The van der Waals surface area contributed by atoms with E-state index in [1.807, 2.05) is 20.8 Å². The smallest absolute Gasteiger partial charge is 0.168 e. The fraction of sp³-hybridized carbons (Fsp3) is 0.917. The Hall–Kier alpha value is -0.410. The van der Waals surface area contributed by atoms with Crippen LogP contribution in [-0.2, 0) is 9.53 Å². The Morgan fingerprint density at radius 1 is 1.40 bits per heavy atom. The zero-order valence-corrected chi connectivity index (χ0v) is 9.95. The number of nitrogens with zero attached hydrogens (tertiary/aromatic N) is 1. The van der Waals surface area contributed by atoms with Gasteiger partial charge in [0.05, 0.1) is 6.61 Å². The third kappa shape index (κ3) is 2.23. The van der Waals surface area contributed by atoms with Gasteiger partial charge >= 0.3 is 0 Å². The number of morpholine rings is 1. The minimum absolute atomic E-state index is 0.195. The average Bonchev–Trinajstić information content (AvgIpc) is 2.61. The van der Waals surface area contributed by atoms with E-state index in [2.05, 4.69) is 4.90 Å². The quantitative estimate of drug-likeness (QED) is 0.657. The summed E-state index contributed by atoms with van der Waals surface area (Å²) in [4.78, 5) is 14.5. The van der Waals surface area contributed by atoms with E-state index in [1.54, 1.807) is 0 Å². The van der Waals surface area contributed by atoms with Crippen molar-refractivity contribution < 1.29 is 9.53 Å². The van der Waals surface area contributed by atoms with Crippen LogP contribution in [0, 0.1) is 5.41 Å². The minimum Gasteiger partial charge on any atom is -0.367 e. The predicted molar refractivity (Wildman–Crippen MR) is 58.8 cm³/mol. The summed E-state index contributed by atoms with van der Waals surface area (Å²) in [7, 11) is 0. The second-order valence-electron chi connectivity index (χ2n) is 5.73. The zero-order chi connectivity index (χ0) is 11.1. The molecule has 0 aromatic carbocycles. The molecule has 0 spiro atoms. The summed E-state index contributed by atoms with van der Waals surface area (Å²) in [5.74, 6) is 0.243. The molecule has 2 fully saturated rings. The van der Waals surface area contributed by atoms with E-state index in [0.717, 1.165) is 19.7 Å². The molecule has 2 rings (SSSR count). The molecule has 2 unspecified atom stereocenters. The maximum absolute atomic E-state index is 12.1. The molecule has 0 aliphatic carbocycles. The molecular formula is C12H21NO2. The van der Waals surface area contributed by atoms with Gasteiger partial charge in [0.1, 0.15) is 6.10 Å². The van der Waals surface area contributed by atoms with Crippen molar-refractivity contribution in [3.05, 3.63) is 0 Å². The summed E-state index contributed by atoms with van der Waals surface area (Å²) in [6.45, 7) is 8.59. The van der Waals surface area contributed by atoms with Crippen molar-refractivity contribution in [1.29, 1.82) is 0 Å². The average molecular weight is 211 g/mol. The summed E-state index contributed by atoms with van der Waals surface area (Å²) in [5, 5.41) is 0. The third-order valence-corrected chi connectivity index (χ3v) is 3.42. The number of Topliss-reactive ketones (excluding diaryl/α,β-unsaturated/α-hetero) is 1. The monoisotopic (exact) mass is 211 g/mol. The number of ketones is 1. The van der Waals surface area contributed by atoms with Gasteiger partial charge in [0.15, 0.2) is 5.78 Å². The Balaban J connectivity index is 1.98. The first-order valence-electron chi connectivity index (χ1n) is 5.88. The van der Waals surface area contributed by atoms with Crippen LogP contribution in [0.15, 0.2) is 0 Å². The Kier molecular flexibility index (Phi) is 2.86. The van der Waals surface area contributed by atoms with Gasteiger partial charge < -0.3 is 4.74 Å². The number of rotatable bonds is 1. The van der Waals surface area contributed by atoms with Gasteiger partial charge in [0.25, 0.3) is 0 Å². The van der Waals surface area contributed by atoms with Gasteiger partial charge in [-0.2, -0.15) is 0 Å². The van der Waals surface area contributed by atoms with Crippen molar-refractivity contribution in [2.24, 2.45) is 5.41 Å². The molecule has 15 heavy (non-hydrogen) atoms. The highest BCUT2D eigenvalue weighted by molar-refractivity contribution is 5.88. The van der Waals surface area contributed by atoms with Gasteiger partial charge in [-0.15, -0.1) is 0 Å². The fourth-order valence-electron chi connectivity index (χ4n) is 2.46. The van der Waals surface area contributed by atoms with E-state index in [1.165, 1.54) is 12.8 Å². The first-order valence-corrected chi connectivity index (χ1v) is 5.88. The van der Waals surface area contributed by atoms with Gasteiger partial charge in [-0.3, -0.25) is 9.69 Å². The Morgan fingerprint density at radius 3 is 2.80 bits per heavy atom. The van der Waals surface area contributed by atoms with E-state index >= 15 is 0 Å². The van der Waals surface area contributed by atoms with Crippen LogP contribution < -0.4 is 0 Å². The molecule has 3 heteroatoms. The van der Waals surface area contributed by atoms with Crippen molar-refractivity contribution in [1.82, 2.24) is 4.90 Å². The first-order chi connectivity index (χ1) is 6.98. The lowest BCUT2D eigenvalue weighted by Gasteiger charge is -2.36. The van der Waals surface area contributed by atoms with Gasteiger partial charge in [-0.1, -0.05) is 20.8 Å². The number of fused-ring (bicyclic) bond motifs is 1. The number of carbonyl (C=O) groups excluding carboxylic acids is 1. The number of hydrogen-bond acceptors (Lipinski definition) is 3. The fourth-order valence-corrected chi connectivity index (χ4v) is 2.46. The molecule has 86 valence electrons. The predicted octanol–water partition coefficient (Wildman–Crippen LogP) is 1.46. The Bertz CT molecular complexity index is 257. The second-order valence-corrected chi connectivity index (χ2v) is 5.73. The SMILES string of the molecule is CC(C)(C)C(=O)C1CN2CCCC2CO1. The molecule has 0 amide bonds. The van der Waals surface area contributed by atoms with Gasteiger partial charge in [-0.05, 0) is 19.4 Å². The standard InChI is InChI=1S/C12H21NO2/c1-12(2,3)11(14)10-7-13-6-4-5-9(13)8-15-10/h9-10H,4-8H2,1-3H3. The lowest BCUT2D eigenvalue weighted by Crippen LogP contribution is -2.51. The van der Waals surface area contributed by atoms with Crippen LogP contribution in [0.25, 0.3) is 0 Å². The first kappa shape index (κ1) is 11.1. The van der Waals surface area contributed by atoms with Crippen molar-refractivity contribution in [2.45, 2.75) is 45.8 Å². The molecule has 3 nitrogen and oxygen atoms in total. The van der Waals surface area contributed by atoms with Crippen molar-refractivity contribution in [2.75, 3.05) is 19.7 Å². The van der Waals surface area contributed by atoms with Crippen LogP contribution in [0.1, 0.15) is 33.6 Å². The van der Waals surface area contributed by atoms with Crippen LogP contribution in [0.5, 0.6) is 0 Å². The molecule has 2 atom stereocenters. The largest absolute Gasteiger partial charge is 0.367 e. The highest BCUT2D eigenvalue weighted by Gasteiger charge is 2.38. The maximum Gasteiger partial charge on any atom is 0.168 e. The molecule has 2 aliphatic rings. The summed E-state index contributed by atoms with van der Waals surface area (Å²) in [6, 6.07) is 0.578. The normalized spacial score (nSPS) is 32.7. The van der Waals surface area contributed by atoms with E-state index in [4.69, 9.17) is 4.74 Å². The van der Waals surface area contributed by atoms with Crippen LogP contribution >= 0.6 is 0 Å². The van der Waals surface area contributed by atoms with Crippen molar-refractivity contribution >= 4 is 5.78 Å². The topological polar surface area (TPSA) is 29.5 Å². The summed E-state index contributed by atoms with van der Waals surface area (Å²) in [5.41, 5.74) is -0.281. The van der Waals surface area contributed by atoms with Crippen LogP contribution in [-0.4, -0.2) is 42.5 Å². The van der Waals surface area contributed by atoms with Crippen LogP contribution in [0.4, 0.5) is 0 Å². The molecule has 0 aromatic rings. The Morgan fingerprint density at radius 2 is 2.13 bits per heavy atom. The van der Waals surface area contributed by atoms with E-state index in [-0.39, 0.29) is 17.3 Å². The summed E-state index contributed by atoms with van der Waals surface area (Å²) < 4.78 is 5.69. The number of carbonyl (C=O) groups is 1. The van der Waals surface area contributed by atoms with E-state index in [0.29, 0.717) is 6.04 Å². The Labute approximate surface area is 91.8 Å². The summed E-state index contributed by atoms with van der Waals surface area (Å²) in [6.07, 6.45) is 2.29. The van der Waals surface area contributed by atoms with Crippen molar-refractivity contribution in [3.8, 4) is 0 Å². The van der Waals surface area contributed by atoms with E-state index < -0.39 is 0 Å². The molecule has 2 heterocycles. The van der Waals surface area contributed by atoms with Crippen LogP contribution in [0.3, 0.4) is 0 Å². The highest BCUT2D eigenvalue weighted by Crippen LogP contribution is 2.26. The molecule has 2 saturated heterocycles. The molecule has 0 saturated carbocycles. The summed E-state index contributed by atoms with van der Waals surface area (Å²) >= 11 is 0. The lowest BCUT2D eigenvalue weighted by molar-refractivity contribution is -0.146. The maximum atomic E-state index is 12.1. The zero-order valence-electron chi connectivity index (χ0n) is 9.95. The minimum atomic E-state index is -0.281. The van der Waals surface area contributed by atoms with E-state index in [9.17, 15) is 4.79 Å². The third-order valence-electron chi connectivity index (χ3n) is 3.42. The van der Waals surface area contributed by atoms with Gasteiger partial charge in [0.2, 0.25) is 0 Å². The molecule has 0 N–H and O–H groups in total. The number of ether oxygens (including phenoxy) is 1. The molecule has 0 radical (unpaired) electrons. The molecule has 0 bridgehead atoms. The highest BCUT2D eigenvalue weighted by atomic mass is 16.5. The van der Waals surface area contributed by atoms with Gasteiger partial charge in [0, 0.05) is 18.0 Å². The second kappa shape index (κ2) is 3.87. The van der Waals surface area contributed by atoms with Gasteiger partial charge in [-0.25, -0.2) is 0 Å². The van der Waals surface area contributed by atoms with Crippen molar-refractivity contribution in [3.63, 3.8) is 0 Å². The number of hydrogen-bond donors (Lipinski definition) is 0. The lowest BCUT2D eigenvalue weighted by atomic mass is 9.87. The molecular weight excluding hydrogens is 190 g/mol. The molecule has 0 aromatic heterocycles. The van der Waals surface area contributed by atoms with Crippen LogP contribution in [0.2, 0.25) is 0 Å².